The number of phenols is 1. The number of hydrogen-bond acceptors (Lipinski definition) is 9. The van der Waals surface area contributed by atoms with Crippen LogP contribution in [0.2, 0.25) is 0 Å². The highest BCUT2D eigenvalue weighted by Gasteiger charge is 2.40. The molecule has 1 aromatic carbocycles. The smallest absolute Gasteiger partial charge is 0.194 e. The normalized spacial score (nSPS) is 24.3. The van der Waals surface area contributed by atoms with Crippen LogP contribution in [-0.4, -0.2) is 49.4 Å². The molecule has 0 spiro atoms. The molecule has 0 radical (unpaired) electrons. The molecule has 2 N–H and O–H groups in total. The molecule has 3 aromatic rings. The van der Waals surface area contributed by atoms with E-state index in [1.165, 1.54) is 43.4 Å². The summed E-state index contributed by atoms with van der Waals surface area (Å²) in [5.74, 6) is 1.33. The number of aromatic nitrogens is 4. The van der Waals surface area contributed by atoms with Gasteiger partial charge in [0.25, 0.3) is 0 Å². The molecule has 33 heavy (non-hydrogen) atoms. The van der Waals surface area contributed by atoms with Crippen molar-refractivity contribution < 1.29 is 5.11 Å². The lowest BCUT2D eigenvalue weighted by atomic mass is 9.83. The maximum Gasteiger partial charge on any atom is 0.194 e. The standard InChI is InChI=1S/C24H25N7OS/c25-11-23-26-12-21(33-23)14-4-7-19(20(32)8-14)24-27-13-22(29-30-24)31(17-5-6-17)18-9-15-2-1-3-16(10-18)28-15/h4,7-8,12-13,15-18,28,32H,1-3,5-6,9-10H2/t15-,16+,18-. The first-order valence-corrected chi connectivity index (χ1v) is 12.4. The molecule has 3 fully saturated rings. The van der Waals surface area contributed by atoms with Gasteiger partial charge >= 0.3 is 0 Å². The Balaban J connectivity index is 1.24. The second-order valence-electron chi connectivity index (χ2n) is 9.27. The minimum atomic E-state index is 0.0826. The van der Waals surface area contributed by atoms with Crippen molar-refractivity contribution >= 4 is 17.2 Å². The average molecular weight is 460 g/mol. The lowest BCUT2D eigenvalue weighted by molar-refractivity contribution is 0.215. The zero-order chi connectivity index (χ0) is 22.4. The summed E-state index contributed by atoms with van der Waals surface area (Å²) in [4.78, 5) is 11.9. The Hall–Kier alpha value is -3.09. The topological polar surface area (TPSA) is 111 Å². The van der Waals surface area contributed by atoms with Gasteiger partial charge in [0, 0.05) is 30.4 Å². The van der Waals surface area contributed by atoms with E-state index in [-0.39, 0.29) is 5.75 Å². The highest BCUT2D eigenvalue weighted by atomic mass is 32.1. The van der Waals surface area contributed by atoms with Crippen molar-refractivity contribution in [1.82, 2.24) is 25.5 Å². The van der Waals surface area contributed by atoms with E-state index in [1.807, 2.05) is 18.3 Å². The minimum absolute atomic E-state index is 0.0826. The van der Waals surface area contributed by atoms with Gasteiger partial charge in [0.1, 0.15) is 11.8 Å². The molecular formula is C24H25N7OS. The van der Waals surface area contributed by atoms with Crippen molar-refractivity contribution in [1.29, 1.82) is 5.26 Å². The van der Waals surface area contributed by atoms with Crippen molar-refractivity contribution in [2.75, 3.05) is 4.90 Å². The summed E-state index contributed by atoms with van der Waals surface area (Å²) in [6, 6.07) is 9.63. The number of hydrogen-bond donors (Lipinski definition) is 2. The van der Waals surface area contributed by atoms with Crippen LogP contribution >= 0.6 is 11.3 Å². The van der Waals surface area contributed by atoms with Crippen LogP contribution < -0.4 is 10.2 Å². The highest BCUT2D eigenvalue weighted by molar-refractivity contribution is 7.15. The van der Waals surface area contributed by atoms with Crippen molar-refractivity contribution in [3.05, 3.63) is 35.6 Å². The lowest BCUT2D eigenvalue weighted by Gasteiger charge is -2.45. The number of rotatable bonds is 5. The van der Waals surface area contributed by atoms with Crippen LogP contribution in [-0.2, 0) is 0 Å². The zero-order valence-electron chi connectivity index (χ0n) is 18.2. The average Bonchev–Trinajstić information content (AvgIpc) is 3.54. The SMILES string of the molecule is N#Cc1ncc(-c2ccc(-c3ncc(N(C4CC4)[C@@H]4C[C@H]5CCC[C@@H](C4)N5)nn3)c(O)c2)s1. The Labute approximate surface area is 196 Å². The van der Waals surface area contributed by atoms with Gasteiger partial charge in [0.2, 0.25) is 0 Å². The summed E-state index contributed by atoms with van der Waals surface area (Å²) in [5, 5.41) is 32.8. The molecule has 2 bridgehead atoms. The Morgan fingerprint density at radius 3 is 2.48 bits per heavy atom. The van der Waals surface area contributed by atoms with E-state index in [0.717, 1.165) is 29.1 Å². The molecule has 3 aliphatic rings. The van der Waals surface area contributed by atoms with Gasteiger partial charge in [0.05, 0.1) is 16.6 Å². The van der Waals surface area contributed by atoms with Gasteiger partial charge in [0.15, 0.2) is 16.6 Å². The molecule has 0 unspecified atom stereocenters. The van der Waals surface area contributed by atoms with Crippen LogP contribution in [0.5, 0.6) is 5.75 Å². The van der Waals surface area contributed by atoms with Gasteiger partial charge in [-0.25, -0.2) is 9.97 Å². The third kappa shape index (κ3) is 4.05. The molecule has 8 nitrogen and oxygen atoms in total. The molecule has 9 heteroatoms. The number of aromatic hydroxyl groups is 1. The molecule has 3 atom stereocenters. The van der Waals surface area contributed by atoms with Crippen LogP contribution in [0.15, 0.2) is 30.6 Å². The van der Waals surface area contributed by atoms with E-state index in [2.05, 4.69) is 30.4 Å². The van der Waals surface area contributed by atoms with Crippen molar-refractivity contribution in [3.8, 4) is 33.6 Å². The highest BCUT2D eigenvalue weighted by Crippen LogP contribution is 2.38. The predicted molar refractivity (Wildman–Crippen MR) is 126 cm³/mol. The second-order valence-corrected chi connectivity index (χ2v) is 10.3. The molecule has 6 rings (SSSR count). The molecule has 2 saturated heterocycles. The van der Waals surface area contributed by atoms with E-state index in [4.69, 9.17) is 5.26 Å². The van der Waals surface area contributed by atoms with Gasteiger partial charge in [-0.15, -0.1) is 21.5 Å². The van der Waals surface area contributed by atoms with E-state index in [1.54, 1.807) is 18.3 Å². The summed E-state index contributed by atoms with van der Waals surface area (Å²) >= 11 is 1.29. The number of piperidine rings is 2. The van der Waals surface area contributed by atoms with E-state index in [9.17, 15) is 5.11 Å². The van der Waals surface area contributed by atoms with Gasteiger partial charge in [-0.05, 0) is 56.2 Å². The van der Waals surface area contributed by atoms with Gasteiger partial charge in [-0.3, -0.25) is 0 Å². The fraction of sp³-hybridized carbons (Fsp3) is 0.458. The Morgan fingerprint density at radius 1 is 1.03 bits per heavy atom. The van der Waals surface area contributed by atoms with Crippen LogP contribution in [0.4, 0.5) is 5.82 Å². The third-order valence-electron chi connectivity index (χ3n) is 6.96. The third-order valence-corrected chi connectivity index (χ3v) is 7.91. The molecule has 2 aromatic heterocycles. The maximum atomic E-state index is 10.6. The number of benzene rings is 1. The monoisotopic (exact) mass is 459 g/mol. The number of nitriles is 1. The van der Waals surface area contributed by atoms with Crippen LogP contribution in [0.3, 0.4) is 0 Å². The molecule has 168 valence electrons. The lowest BCUT2D eigenvalue weighted by Crippen LogP contribution is -2.55. The summed E-state index contributed by atoms with van der Waals surface area (Å²) < 4.78 is 0. The molecule has 4 heterocycles. The fourth-order valence-corrected chi connectivity index (χ4v) is 6.04. The molecule has 0 amide bonds. The summed E-state index contributed by atoms with van der Waals surface area (Å²) in [7, 11) is 0. The Morgan fingerprint density at radius 2 is 1.85 bits per heavy atom. The first-order valence-electron chi connectivity index (χ1n) is 11.6. The summed E-state index contributed by atoms with van der Waals surface area (Å²) in [6.07, 6.45) is 12.0. The van der Waals surface area contributed by atoms with Crippen molar-refractivity contribution in [3.63, 3.8) is 0 Å². The number of fused-ring (bicyclic) bond motifs is 2. The number of nitrogens with one attached hydrogen (secondary N) is 1. The molecule has 2 aliphatic heterocycles. The van der Waals surface area contributed by atoms with Crippen molar-refractivity contribution in [2.24, 2.45) is 0 Å². The summed E-state index contributed by atoms with van der Waals surface area (Å²) in [5.41, 5.74) is 1.34. The maximum absolute atomic E-state index is 10.6. The first kappa shape index (κ1) is 20.5. The van der Waals surface area contributed by atoms with Gasteiger partial charge in [-0.1, -0.05) is 12.5 Å². The minimum Gasteiger partial charge on any atom is -0.507 e. The second kappa shape index (κ2) is 8.36. The van der Waals surface area contributed by atoms with Crippen LogP contribution in [0, 0.1) is 11.3 Å². The molecule has 1 aliphatic carbocycles. The predicted octanol–water partition coefficient (Wildman–Crippen LogP) is 3.88. The van der Waals surface area contributed by atoms with Crippen molar-refractivity contribution in [2.45, 2.75) is 69.1 Å². The number of phenolic OH excluding ortho intramolecular Hbond substituents is 1. The number of anilines is 1. The number of nitrogens with zero attached hydrogens (tertiary/aromatic N) is 6. The molecule has 1 saturated carbocycles. The quantitative estimate of drug-likeness (QED) is 0.591. The van der Waals surface area contributed by atoms with Gasteiger partial charge < -0.3 is 15.3 Å². The summed E-state index contributed by atoms with van der Waals surface area (Å²) in [6.45, 7) is 0. The van der Waals surface area contributed by atoms with E-state index < -0.39 is 0 Å². The largest absolute Gasteiger partial charge is 0.507 e. The Bertz CT molecular complexity index is 1190. The number of thiazole rings is 1. The van der Waals surface area contributed by atoms with Gasteiger partial charge in [-0.2, -0.15) is 5.26 Å². The van der Waals surface area contributed by atoms with E-state index >= 15 is 0 Å². The fourth-order valence-electron chi connectivity index (χ4n) is 5.33. The van der Waals surface area contributed by atoms with Crippen LogP contribution in [0.25, 0.3) is 21.8 Å². The Kier molecular flexibility index (Phi) is 5.19. The molecular weight excluding hydrogens is 434 g/mol. The zero-order valence-corrected chi connectivity index (χ0v) is 19.0. The first-order chi connectivity index (χ1) is 16.2. The van der Waals surface area contributed by atoms with E-state index in [0.29, 0.717) is 40.6 Å². The van der Waals surface area contributed by atoms with Crippen LogP contribution in [0.1, 0.15) is 50.0 Å².